The molecule has 1 amide bonds. The molecule has 17 heavy (non-hydrogen) atoms. The van der Waals surface area contributed by atoms with Crippen LogP contribution >= 0.6 is 11.5 Å². The van der Waals surface area contributed by atoms with Gasteiger partial charge in [0.15, 0.2) is 0 Å². The number of likely N-dealkylation sites (tertiary alicyclic amines) is 1. The molecule has 0 radical (unpaired) electrons. The van der Waals surface area contributed by atoms with Crippen molar-refractivity contribution in [2.24, 2.45) is 5.73 Å². The number of carbonyl (C=O) groups excluding carboxylic acids is 1. The molecule has 1 aromatic rings. The van der Waals surface area contributed by atoms with Gasteiger partial charge in [0.2, 0.25) is 0 Å². The Labute approximate surface area is 105 Å². The molecule has 1 aromatic heterocycles. The van der Waals surface area contributed by atoms with Gasteiger partial charge in [-0.2, -0.15) is 0 Å². The number of rotatable bonds is 3. The van der Waals surface area contributed by atoms with Gasteiger partial charge in [0.05, 0.1) is 5.69 Å². The van der Waals surface area contributed by atoms with Crippen LogP contribution < -0.4 is 5.73 Å². The minimum absolute atomic E-state index is 0.0525. The van der Waals surface area contributed by atoms with Crippen molar-refractivity contribution < 1.29 is 4.79 Å². The summed E-state index contributed by atoms with van der Waals surface area (Å²) in [6.07, 6.45) is 2.04. The minimum atomic E-state index is 0.0525. The lowest BCUT2D eigenvalue weighted by Crippen LogP contribution is -2.40. The standard InChI is InChI=1S/C11H18N4OS/c1-7(2)9-10(17-14-13-9)11(16)15-5-3-4-8(15)6-12/h7-8H,3-6,12H2,1-2H3. The predicted molar refractivity (Wildman–Crippen MR) is 67.1 cm³/mol. The number of hydrogen-bond donors (Lipinski definition) is 1. The van der Waals surface area contributed by atoms with E-state index in [1.54, 1.807) is 0 Å². The van der Waals surface area contributed by atoms with Gasteiger partial charge in [0.1, 0.15) is 4.88 Å². The topological polar surface area (TPSA) is 72.1 Å². The summed E-state index contributed by atoms with van der Waals surface area (Å²) in [5.41, 5.74) is 6.50. The van der Waals surface area contributed by atoms with Gasteiger partial charge < -0.3 is 10.6 Å². The zero-order chi connectivity index (χ0) is 12.4. The number of hydrogen-bond acceptors (Lipinski definition) is 5. The van der Waals surface area contributed by atoms with Crippen LogP contribution in [0.2, 0.25) is 0 Å². The molecular weight excluding hydrogens is 236 g/mol. The lowest BCUT2D eigenvalue weighted by molar-refractivity contribution is 0.0744. The van der Waals surface area contributed by atoms with E-state index in [1.165, 1.54) is 11.5 Å². The largest absolute Gasteiger partial charge is 0.334 e. The highest BCUT2D eigenvalue weighted by Gasteiger charge is 2.31. The van der Waals surface area contributed by atoms with Crippen molar-refractivity contribution in [3.63, 3.8) is 0 Å². The van der Waals surface area contributed by atoms with Crippen molar-refractivity contribution >= 4 is 17.4 Å². The molecule has 6 heteroatoms. The summed E-state index contributed by atoms with van der Waals surface area (Å²) in [6.45, 7) is 5.39. The fourth-order valence-electron chi connectivity index (χ4n) is 2.20. The molecule has 1 unspecified atom stereocenters. The maximum Gasteiger partial charge on any atom is 0.267 e. The summed E-state index contributed by atoms with van der Waals surface area (Å²) in [4.78, 5) is 15.0. The van der Waals surface area contributed by atoms with Crippen LogP contribution in [0.3, 0.4) is 0 Å². The molecular formula is C11H18N4OS. The van der Waals surface area contributed by atoms with Gasteiger partial charge >= 0.3 is 0 Å². The van der Waals surface area contributed by atoms with E-state index in [2.05, 4.69) is 9.59 Å². The molecule has 2 rings (SSSR count). The van der Waals surface area contributed by atoms with E-state index in [9.17, 15) is 4.79 Å². The van der Waals surface area contributed by atoms with Gasteiger partial charge in [-0.25, -0.2) is 0 Å². The predicted octanol–water partition coefficient (Wildman–Crippen LogP) is 1.22. The molecule has 0 saturated carbocycles. The highest BCUT2D eigenvalue weighted by Crippen LogP contribution is 2.25. The molecule has 0 aliphatic carbocycles. The summed E-state index contributed by atoms with van der Waals surface area (Å²) in [6, 6.07) is 0.185. The van der Waals surface area contributed by atoms with Crippen LogP contribution in [0.4, 0.5) is 0 Å². The van der Waals surface area contributed by atoms with E-state index in [-0.39, 0.29) is 17.9 Å². The van der Waals surface area contributed by atoms with E-state index >= 15 is 0 Å². The highest BCUT2D eigenvalue weighted by molar-refractivity contribution is 7.08. The van der Waals surface area contributed by atoms with E-state index in [4.69, 9.17) is 5.73 Å². The van der Waals surface area contributed by atoms with Crippen molar-refractivity contribution in [3.8, 4) is 0 Å². The number of aromatic nitrogens is 2. The van der Waals surface area contributed by atoms with Crippen molar-refractivity contribution in [1.29, 1.82) is 0 Å². The van der Waals surface area contributed by atoms with Gasteiger partial charge in [0.25, 0.3) is 5.91 Å². The quantitative estimate of drug-likeness (QED) is 0.880. The van der Waals surface area contributed by atoms with Crippen LogP contribution in [0.1, 0.15) is 48.0 Å². The zero-order valence-corrected chi connectivity index (χ0v) is 11.0. The molecule has 2 heterocycles. The third-order valence-electron chi connectivity index (χ3n) is 3.16. The normalized spacial score (nSPS) is 20.2. The van der Waals surface area contributed by atoms with Crippen LogP contribution in [-0.4, -0.2) is 39.5 Å². The molecule has 94 valence electrons. The number of nitrogens with zero attached hydrogens (tertiary/aromatic N) is 3. The first-order valence-corrected chi connectivity index (χ1v) is 6.75. The molecule has 1 fully saturated rings. The van der Waals surface area contributed by atoms with E-state index < -0.39 is 0 Å². The molecule has 1 atom stereocenters. The van der Waals surface area contributed by atoms with E-state index in [1.807, 2.05) is 18.7 Å². The summed E-state index contributed by atoms with van der Waals surface area (Å²) in [5.74, 6) is 0.281. The molecule has 0 spiro atoms. The molecule has 2 N–H and O–H groups in total. The summed E-state index contributed by atoms with van der Waals surface area (Å²) < 4.78 is 3.90. The fourth-order valence-corrected chi connectivity index (χ4v) is 2.98. The highest BCUT2D eigenvalue weighted by atomic mass is 32.1. The monoisotopic (exact) mass is 254 g/mol. The second-order valence-corrected chi connectivity index (χ2v) is 5.43. The van der Waals surface area contributed by atoms with E-state index in [0.29, 0.717) is 11.4 Å². The number of amides is 1. The molecule has 1 aliphatic rings. The molecule has 5 nitrogen and oxygen atoms in total. The summed E-state index contributed by atoms with van der Waals surface area (Å²) in [7, 11) is 0. The number of nitrogens with two attached hydrogens (primary N) is 1. The Morgan fingerprint density at radius 3 is 3.06 bits per heavy atom. The first-order chi connectivity index (χ1) is 8.15. The summed E-state index contributed by atoms with van der Waals surface area (Å²) in [5, 5.41) is 4.05. The van der Waals surface area contributed by atoms with Gasteiger partial charge in [-0.15, -0.1) is 5.10 Å². The Morgan fingerprint density at radius 2 is 2.41 bits per heavy atom. The van der Waals surface area contributed by atoms with Crippen LogP contribution in [0.15, 0.2) is 0 Å². The number of carbonyl (C=O) groups is 1. The summed E-state index contributed by atoms with van der Waals surface area (Å²) >= 11 is 1.19. The Bertz CT molecular complexity index is 404. The second kappa shape index (κ2) is 5.10. The van der Waals surface area contributed by atoms with E-state index in [0.717, 1.165) is 25.1 Å². The van der Waals surface area contributed by atoms with Gasteiger partial charge in [0, 0.05) is 19.1 Å². The smallest absolute Gasteiger partial charge is 0.267 e. The molecule has 0 bridgehead atoms. The molecule has 0 aromatic carbocycles. The molecule has 1 aliphatic heterocycles. The maximum atomic E-state index is 12.4. The van der Waals surface area contributed by atoms with Crippen LogP contribution in [0.5, 0.6) is 0 Å². The van der Waals surface area contributed by atoms with Crippen molar-refractivity contribution in [1.82, 2.24) is 14.5 Å². The first-order valence-electron chi connectivity index (χ1n) is 5.98. The van der Waals surface area contributed by atoms with Crippen LogP contribution in [-0.2, 0) is 0 Å². The Kier molecular flexibility index (Phi) is 3.73. The first kappa shape index (κ1) is 12.4. The average molecular weight is 254 g/mol. The maximum absolute atomic E-state index is 12.4. The van der Waals surface area contributed by atoms with Crippen molar-refractivity contribution in [3.05, 3.63) is 10.6 Å². The zero-order valence-electron chi connectivity index (χ0n) is 10.2. The SMILES string of the molecule is CC(C)c1nnsc1C(=O)N1CCCC1CN. The third-order valence-corrected chi connectivity index (χ3v) is 3.89. The van der Waals surface area contributed by atoms with Gasteiger partial charge in [-0.05, 0) is 30.3 Å². The van der Waals surface area contributed by atoms with Crippen LogP contribution in [0.25, 0.3) is 0 Å². The Morgan fingerprint density at radius 1 is 1.65 bits per heavy atom. The lowest BCUT2D eigenvalue weighted by atomic mass is 10.1. The average Bonchev–Trinajstić information content (AvgIpc) is 2.96. The third kappa shape index (κ3) is 2.32. The van der Waals surface area contributed by atoms with Crippen molar-refractivity contribution in [2.75, 3.05) is 13.1 Å². The van der Waals surface area contributed by atoms with Crippen LogP contribution in [0, 0.1) is 0 Å². The molecule has 1 saturated heterocycles. The van der Waals surface area contributed by atoms with Gasteiger partial charge in [-0.3, -0.25) is 4.79 Å². The Balaban J connectivity index is 2.22. The Hall–Kier alpha value is -1.01. The lowest BCUT2D eigenvalue weighted by Gasteiger charge is -2.23. The minimum Gasteiger partial charge on any atom is -0.334 e. The fraction of sp³-hybridized carbons (Fsp3) is 0.727. The second-order valence-electron chi connectivity index (χ2n) is 4.67. The van der Waals surface area contributed by atoms with Gasteiger partial charge in [-0.1, -0.05) is 18.3 Å². The van der Waals surface area contributed by atoms with Crippen molar-refractivity contribution in [2.45, 2.75) is 38.6 Å².